The van der Waals surface area contributed by atoms with Gasteiger partial charge in [-0.1, -0.05) is 78.5 Å². The van der Waals surface area contributed by atoms with E-state index >= 15 is 0 Å². The second-order valence-corrected chi connectivity index (χ2v) is 9.49. The molecule has 39 heavy (non-hydrogen) atoms. The van der Waals surface area contributed by atoms with Gasteiger partial charge in [0.15, 0.2) is 5.16 Å². The first-order valence-corrected chi connectivity index (χ1v) is 13.5. The van der Waals surface area contributed by atoms with E-state index < -0.39 is 0 Å². The van der Waals surface area contributed by atoms with Gasteiger partial charge in [-0.3, -0.25) is 14.2 Å². The van der Waals surface area contributed by atoms with Gasteiger partial charge < -0.3 is 4.74 Å². The van der Waals surface area contributed by atoms with Crippen molar-refractivity contribution >= 4 is 34.8 Å². The first-order valence-electron chi connectivity index (χ1n) is 12.5. The Morgan fingerprint density at radius 3 is 2.36 bits per heavy atom. The lowest BCUT2D eigenvalue weighted by molar-refractivity contribution is -0.118. The number of thioether (sulfide) groups is 1. The quantitative estimate of drug-likeness (QED) is 0.114. The molecule has 5 rings (SSSR count). The van der Waals surface area contributed by atoms with Gasteiger partial charge in [-0.2, -0.15) is 5.10 Å². The Hall–Kier alpha value is -4.69. The molecule has 7 nitrogen and oxygen atoms in total. The normalized spacial score (nSPS) is 11.1. The van der Waals surface area contributed by atoms with Crippen molar-refractivity contribution in [3.63, 3.8) is 0 Å². The van der Waals surface area contributed by atoms with Crippen LogP contribution in [0.4, 0.5) is 0 Å². The summed E-state index contributed by atoms with van der Waals surface area (Å²) in [6.07, 6.45) is 1.60. The first-order chi connectivity index (χ1) is 19.1. The van der Waals surface area contributed by atoms with Crippen LogP contribution in [0.5, 0.6) is 5.75 Å². The number of hydrogen-bond donors (Lipinski definition) is 1. The van der Waals surface area contributed by atoms with E-state index in [0.717, 1.165) is 16.7 Å². The van der Waals surface area contributed by atoms with E-state index in [1.807, 2.05) is 67.6 Å². The molecule has 0 aliphatic rings. The van der Waals surface area contributed by atoms with Gasteiger partial charge in [0, 0.05) is 0 Å². The molecule has 0 radical (unpaired) electrons. The molecule has 0 saturated carbocycles. The van der Waals surface area contributed by atoms with Crippen molar-refractivity contribution in [1.82, 2.24) is 15.0 Å². The molecule has 0 aliphatic carbocycles. The first kappa shape index (κ1) is 25.9. The fourth-order valence-electron chi connectivity index (χ4n) is 4.03. The predicted octanol–water partition coefficient (Wildman–Crippen LogP) is 5.69. The van der Waals surface area contributed by atoms with E-state index in [1.165, 1.54) is 16.3 Å². The van der Waals surface area contributed by atoms with Crippen molar-refractivity contribution in [3.8, 4) is 22.6 Å². The van der Waals surface area contributed by atoms with Gasteiger partial charge in [0.2, 0.25) is 0 Å². The maximum absolute atomic E-state index is 13.4. The molecular weight excluding hydrogens is 508 g/mol. The topological polar surface area (TPSA) is 85.6 Å². The zero-order valence-corrected chi connectivity index (χ0v) is 22.1. The SMILES string of the molecule is CCOc1ccc(-n2c(SCC(=O)NN=Cc3ccc(-c4ccccc4)cc3)nc3ccccc3c2=O)cc1. The Kier molecular flexibility index (Phi) is 8.14. The van der Waals surface area contributed by atoms with Crippen LogP contribution in [0.15, 0.2) is 118 Å². The summed E-state index contributed by atoms with van der Waals surface area (Å²) in [4.78, 5) is 30.7. The van der Waals surface area contributed by atoms with E-state index in [1.54, 1.807) is 36.5 Å². The molecule has 8 heteroatoms. The Morgan fingerprint density at radius 2 is 1.62 bits per heavy atom. The minimum absolute atomic E-state index is 0.0338. The monoisotopic (exact) mass is 534 g/mol. The number of benzene rings is 4. The highest BCUT2D eigenvalue weighted by Crippen LogP contribution is 2.23. The summed E-state index contributed by atoms with van der Waals surface area (Å²) in [6.45, 7) is 2.46. The molecule has 5 aromatic rings. The highest BCUT2D eigenvalue weighted by atomic mass is 32.2. The van der Waals surface area contributed by atoms with Crippen molar-refractivity contribution in [3.05, 3.63) is 119 Å². The van der Waals surface area contributed by atoms with Crippen molar-refractivity contribution < 1.29 is 9.53 Å². The number of nitrogens with one attached hydrogen (secondary N) is 1. The lowest BCUT2D eigenvalue weighted by Gasteiger charge is -2.13. The molecule has 1 N–H and O–H groups in total. The Morgan fingerprint density at radius 1 is 0.923 bits per heavy atom. The molecule has 0 spiro atoms. The summed E-state index contributed by atoms with van der Waals surface area (Å²) < 4.78 is 7.05. The molecule has 1 heterocycles. The summed E-state index contributed by atoms with van der Waals surface area (Å²) in [5.74, 6) is 0.438. The van der Waals surface area contributed by atoms with Crippen LogP contribution in [-0.2, 0) is 4.79 Å². The van der Waals surface area contributed by atoms with Crippen molar-refractivity contribution in [2.75, 3.05) is 12.4 Å². The van der Waals surface area contributed by atoms with Crippen LogP contribution in [0.1, 0.15) is 12.5 Å². The second-order valence-electron chi connectivity index (χ2n) is 8.55. The van der Waals surface area contributed by atoms with Gasteiger partial charge in [-0.05, 0) is 60.0 Å². The lowest BCUT2D eigenvalue weighted by atomic mass is 10.0. The average Bonchev–Trinajstić information content (AvgIpc) is 2.98. The molecule has 1 aromatic heterocycles. The van der Waals surface area contributed by atoms with Gasteiger partial charge in [0.1, 0.15) is 5.75 Å². The van der Waals surface area contributed by atoms with E-state index in [9.17, 15) is 9.59 Å². The number of carbonyl (C=O) groups is 1. The molecule has 0 atom stereocenters. The van der Waals surface area contributed by atoms with Gasteiger partial charge in [0.05, 0.1) is 35.2 Å². The number of rotatable bonds is 9. The van der Waals surface area contributed by atoms with Crippen molar-refractivity contribution in [2.24, 2.45) is 5.10 Å². The van der Waals surface area contributed by atoms with E-state index in [2.05, 4.69) is 27.6 Å². The fraction of sp³-hybridized carbons (Fsp3) is 0.0968. The number of amides is 1. The third kappa shape index (κ3) is 6.25. The lowest BCUT2D eigenvalue weighted by Crippen LogP contribution is -2.24. The molecule has 0 fully saturated rings. The third-order valence-electron chi connectivity index (χ3n) is 5.90. The van der Waals surface area contributed by atoms with Crippen LogP contribution >= 0.6 is 11.8 Å². The minimum Gasteiger partial charge on any atom is -0.494 e. The molecule has 0 unspecified atom stereocenters. The van der Waals surface area contributed by atoms with E-state index in [4.69, 9.17) is 4.74 Å². The standard InChI is InChI=1S/C31H26N4O3S/c1-2-38-26-18-16-25(17-19-26)35-30(37)27-10-6-7-11-28(27)33-31(35)39-21-29(36)34-32-20-22-12-14-24(15-13-22)23-8-4-3-5-9-23/h3-20H,2,21H2,1H3,(H,34,36). The van der Waals surface area contributed by atoms with E-state index in [0.29, 0.717) is 34.1 Å². The summed E-state index contributed by atoms with van der Waals surface area (Å²) in [5, 5.41) is 5.01. The maximum Gasteiger partial charge on any atom is 0.266 e. The largest absolute Gasteiger partial charge is 0.494 e. The molecular formula is C31H26N4O3S. The molecule has 4 aromatic carbocycles. The second kappa shape index (κ2) is 12.2. The number of carbonyl (C=O) groups excluding carboxylic acids is 1. The van der Waals surface area contributed by atoms with Crippen LogP contribution in [0.3, 0.4) is 0 Å². The number of aromatic nitrogens is 2. The summed E-state index contributed by atoms with van der Waals surface area (Å²) >= 11 is 1.17. The van der Waals surface area contributed by atoms with Crippen LogP contribution in [0.2, 0.25) is 0 Å². The molecule has 0 saturated heterocycles. The van der Waals surface area contributed by atoms with Gasteiger partial charge in [-0.15, -0.1) is 0 Å². The van der Waals surface area contributed by atoms with E-state index in [-0.39, 0.29) is 17.2 Å². The molecule has 194 valence electrons. The van der Waals surface area contributed by atoms with Crippen LogP contribution in [0.25, 0.3) is 27.7 Å². The van der Waals surface area contributed by atoms with Crippen LogP contribution < -0.4 is 15.7 Å². The number of para-hydroxylation sites is 1. The van der Waals surface area contributed by atoms with Crippen LogP contribution in [0, 0.1) is 0 Å². The minimum atomic E-state index is -0.308. The summed E-state index contributed by atoms with van der Waals surface area (Å²) in [7, 11) is 0. The average molecular weight is 535 g/mol. The van der Waals surface area contributed by atoms with Gasteiger partial charge in [-0.25, -0.2) is 10.4 Å². The molecule has 0 bridgehead atoms. The third-order valence-corrected chi connectivity index (χ3v) is 6.84. The van der Waals surface area contributed by atoms with Crippen molar-refractivity contribution in [2.45, 2.75) is 12.1 Å². The maximum atomic E-state index is 13.4. The predicted molar refractivity (Wildman–Crippen MR) is 157 cm³/mol. The smallest absolute Gasteiger partial charge is 0.266 e. The Bertz CT molecular complexity index is 1670. The Balaban J connectivity index is 1.29. The summed E-state index contributed by atoms with van der Waals surface area (Å²) in [5.41, 5.74) is 6.67. The summed E-state index contributed by atoms with van der Waals surface area (Å²) in [6, 6.07) is 32.4. The fourth-order valence-corrected chi connectivity index (χ4v) is 4.83. The molecule has 0 aliphatic heterocycles. The van der Waals surface area contributed by atoms with Gasteiger partial charge >= 0.3 is 0 Å². The molecule has 1 amide bonds. The van der Waals surface area contributed by atoms with Crippen molar-refractivity contribution in [1.29, 1.82) is 0 Å². The number of hydrogen-bond acceptors (Lipinski definition) is 6. The highest BCUT2D eigenvalue weighted by molar-refractivity contribution is 7.99. The number of nitrogens with zero attached hydrogens (tertiary/aromatic N) is 3. The highest BCUT2D eigenvalue weighted by Gasteiger charge is 2.15. The zero-order valence-electron chi connectivity index (χ0n) is 21.3. The zero-order chi connectivity index (χ0) is 27.0. The van der Waals surface area contributed by atoms with Gasteiger partial charge in [0.25, 0.3) is 11.5 Å². The number of fused-ring (bicyclic) bond motifs is 1. The Labute approximate surface area is 230 Å². The number of hydrazone groups is 1. The number of ether oxygens (including phenoxy) is 1. The van der Waals surface area contributed by atoms with Crippen LogP contribution in [-0.4, -0.2) is 34.0 Å².